The van der Waals surface area contributed by atoms with Crippen molar-refractivity contribution in [1.82, 2.24) is 10.2 Å². The third-order valence-electron chi connectivity index (χ3n) is 3.90. The highest BCUT2D eigenvalue weighted by Crippen LogP contribution is 2.28. The molecule has 1 aliphatic rings. The van der Waals surface area contributed by atoms with Crippen LogP contribution < -0.4 is 14.4 Å². The Morgan fingerprint density at radius 1 is 1.33 bits per heavy atom. The lowest BCUT2D eigenvalue weighted by atomic mass is 10.2. The van der Waals surface area contributed by atoms with E-state index < -0.39 is 0 Å². The van der Waals surface area contributed by atoms with E-state index in [4.69, 9.17) is 9.47 Å². The lowest BCUT2D eigenvalue weighted by molar-refractivity contribution is -0.120. The standard InChI is InChI=1S/C17H21N3O3S/c1-22-13-4-6-14(7-5-13)23-12-17(21)20(16-8-9-18-19-16)11-15-3-2-10-24-15/h4-9,15H,2-3,10-12H2,1H3,(H,18,19). The molecule has 1 unspecified atom stereocenters. The quantitative estimate of drug-likeness (QED) is 0.834. The second-order valence-electron chi connectivity index (χ2n) is 5.54. The number of thioether (sulfide) groups is 1. The van der Waals surface area contributed by atoms with E-state index in [0.717, 1.165) is 17.9 Å². The number of nitrogens with zero attached hydrogens (tertiary/aromatic N) is 2. The van der Waals surface area contributed by atoms with E-state index in [1.807, 2.05) is 17.8 Å². The van der Waals surface area contributed by atoms with Crippen LogP contribution >= 0.6 is 11.8 Å². The van der Waals surface area contributed by atoms with Crippen LogP contribution in [0.4, 0.5) is 5.82 Å². The van der Waals surface area contributed by atoms with Gasteiger partial charge in [-0.2, -0.15) is 16.9 Å². The Hall–Kier alpha value is -2.15. The Morgan fingerprint density at radius 2 is 2.12 bits per heavy atom. The molecule has 1 saturated heterocycles. The smallest absolute Gasteiger partial charge is 0.266 e. The summed E-state index contributed by atoms with van der Waals surface area (Å²) in [6, 6.07) is 9.00. The number of benzene rings is 1. The maximum Gasteiger partial charge on any atom is 0.266 e. The number of aromatic nitrogens is 2. The Bertz CT molecular complexity index is 640. The topological polar surface area (TPSA) is 67.5 Å². The van der Waals surface area contributed by atoms with Gasteiger partial charge in [0.15, 0.2) is 12.4 Å². The summed E-state index contributed by atoms with van der Waals surface area (Å²) in [4.78, 5) is 14.4. The second kappa shape index (κ2) is 8.10. The van der Waals surface area contributed by atoms with Gasteiger partial charge in [0, 0.05) is 24.1 Å². The van der Waals surface area contributed by atoms with Crippen LogP contribution in [0.5, 0.6) is 11.5 Å². The van der Waals surface area contributed by atoms with Crippen molar-refractivity contribution in [3.05, 3.63) is 36.5 Å². The van der Waals surface area contributed by atoms with Crippen LogP contribution in [-0.4, -0.2) is 47.4 Å². The summed E-state index contributed by atoms with van der Waals surface area (Å²) in [6.07, 6.45) is 4.07. The molecule has 0 bridgehead atoms. The van der Waals surface area contributed by atoms with Gasteiger partial charge in [0.05, 0.1) is 7.11 Å². The minimum atomic E-state index is -0.0922. The van der Waals surface area contributed by atoms with Crippen molar-refractivity contribution in [1.29, 1.82) is 0 Å². The van der Waals surface area contributed by atoms with Gasteiger partial charge in [0.25, 0.3) is 5.91 Å². The van der Waals surface area contributed by atoms with Crippen molar-refractivity contribution in [2.45, 2.75) is 18.1 Å². The number of carbonyl (C=O) groups excluding carboxylic acids is 1. The minimum absolute atomic E-state index is 0.0173. The Balaban J connectivity index is 1.61. The van der Waals surface area contributed by atoms with Crippen LogP contribution in [0.2, 0.25) is 0 Å². The van der Waals surface area contributed by atoms with Crippen molar-refractivity contribution in [2.24, 2.45) is 0 Å². The summed E-state index contributed by atoms with van der Waals surface area (Å²) in [7, 11) is 1.61. The van der Waals surface area contributed by atoms with E-state index in [1.54, 1.807) is 42.5 Å². The molecule has 0 saturated carbocycles. The van der Waals surface area contributed by atoms with Crippen molar-refractivity contribution < 1.29 is 14.3 Å². The van der Waals surface area contributed by atoms with Crippen LogP contribution in [-0.2, 0) is 4.79 Å². The lowest BCUT2D eigenvalue weighted by Gasteiger charge is -2.23. The molecule has 1 atom stereocenters. The zero-order valence-electron chi connectivity index (χ0n) is 13.6. The first-order chi connectivity index (χ1) is 11.8. The SMILES string of the molecule is COc1ccc(OCC(=O)N(CC2CCCS2)c2cc[nH]n2)cc1. The molecule has 3 rings (SSSR count). The molecular formula is C17H21N3O3S. The van der Waals surface area contributed by atoms with Crippen molar-refractivity contribution in [3.8, 4) is 11.5 Å². The zero-order valence-corrected chi connectivity index (χ0v) is 14.4. The first-order valence-corrected chi connectivity index (χ1v) is 9.00. The molecule has 7 heteroatoms. The average molecular weight is 347 g/mol. The molecule has 24 heavy (non-hydrogen) atoms. The Kier molecular flexibility index (Phi) is 5.63. The number of aromatic amines is 1. The van der Waals surface area contributed by atoms with E-state index in [9.17, 15) is 4.79 Å². The van der Waals surface area contributed by atoms with Crippen LogP contribution in [0, 0.1) is 0 Å². The van der Waals surface area contributed by atoms with Gasteiger partial charge in [0.2, 0.25) is 0 Å². The van der Waals surface area contributed by atoms with Crippen LogP contribution in [0.25, 0.3) is 0 Å². The fraction of sp³-hybridized carbons (Fsp3) is 0.412. The fourth-order valence-corrected chi connectivity index (χ4v) is 3.87. The number of hydrogen-bond acceptors (Lipinski definition) is 5. The van der Waals surface area contributed by atoms with Crippen LogP contribution in [0.3, 0.4) is 0 Å². The van der Waals surface area contributed by atoms with Crippen LogP contribution in [0.1, 0.15) is 12.8 Å². The Labute approximate surface area is 145 Å². The molecule has 1 amide bonds. The van der Waals surface area contributed by atoms with Crippen LogP contribution in [0.15, 0.2) is 36.5 Å². The maximum atomic E-state index is 12.6. The molecule has 1 aromatic heterocycles. The van der Waals surface area contributed by atoms with E-state index >= 15 is 0 Å². The van der Waals surface area contributed by atoms with Gasteiger partial charge in [-0.25, -0.2) is 0 Å². The zero-order chi connectivity index (χ0) is 16.8. The first-order valence-electron chi connectivity index (χ1n) is 7.95. The molecular weight excluding hydrogens is 326 g/mol. The molecule has 2 aromatic rings. The van der Waals surface area contributed by atoms with E-state index in [-0.39, 0.29) is 12.5 Å². The number of anilines is 1. The highest BCUT2D eigenvalue weighted by Gasteiger charge is 2.25. The van der Waals surface area contributed by atoms with Gasteiger partial charge in [-0.1, -0.05) is 0 Å². The summed E-state index contributed by atoms with van der Waals surface area (Å²) >= 11 is 1.92. The monoisotopic (exact) mass is 347 g/mol. The number of amides is 1. The summed E-state index contributed by atoms with van der Waals surface area (Å²) in [5.41, 5.74) is 0. The van der Waals surface area contributed by atoms with Gasteiger partial charge >= 0.3 is 0 Å². The molecule has 0 aliphatic carbocycles. The molecule has 1 fully saturated rings. The molecule has 2 heterocycles. The summed E-state index contributed by atoms with van der Waals surface area (Å²) in [6.45, 7) is 0.650. The first kappa shape index (κ1) is 16.7. The molecule has 1 aromatic carbocycles. The summed E-state index contributed by atoms with van der Waals surface area (Å²) in [5, 5.41) is 7.39. The predicted octanol–water partition coefficient (Wildman–Crippen LogP) is 2.73. The van der Waals surface area contributed by atoms with E-state index in [1.165, 1.54) is 6.42 Å². The molecule has 0 spiro atoms. The lowest BCUT2D eigenvalue weighted by Crippen LogP contribution is -2.39. The number of ether oxygens (including phenoxy) is 2. The number of carbonyl (C=O) groups is 1. The van der Waals surface area contributed by atoms with Gasteiger partial charge in [0.1, 0.15) is 11.5 Å². The third kappa shape index (κ3) is 4.23. The number of nitrogens with one attached hydrogen (secondary N) is 1. The number of methoxy groups -OCH3 is 1. The van der Waals surface area contributed by atoms with E-state index in [0.29, 0.717) is 23.4 Å². The fourth-order valence-electron chi connectivity index (χ4n) is 2.61. The minimum Gasteiger partial charge on any atom is -0.497 e. The predicted molar refractivity (Wildman–Crippen MR) is 94.9 cm³/mol. The van der Waals surface area contributed by atoms with Crippen molar-refractivity contribution in [2.75, 3.05) is 30.9 Å². The van der Waals surface area contributed by atoms with Gasteiger partial charge < -0.3 is 9.47 Å². The highest BCUT2D eigenvalue weighted by atomic mass is 32.2. The molecule has 1 N–H and O–H groups in total. The molecule has 1 aliphatic heterocycles. The molecule has 0 radical (unpaired) electrons. The summed E-state index contributed by atoms with van der Waals surface area (Å²) in [5.74, 6) is 3.11. The summed E-state index contributed by atoms with van der Waals surface area (Å²) < 4.78 is 10.7. The van der Waals surface area contributed by atoms with Crippen molar-refractivity contribution >= 4 is 23.5 Å². The van der Waals surface area contributed by atoms with Gasteiger partial charge in [-0.3, -0.25) is 14.8 Å². The molecule has 128 valence electrons. The average Bonchev–Trinajstić information content (AvgIpc) is 3.31. The molecule has 6 nitrogen and oxygen atoms in total. The van der Waals surface area contributed by atoms with Gasteiger partial charge in [-0.05, 0) is 42.9 Å². The third-order valence-corrected chi connectivity index (χ3v) is 5.28. The van der Waals surface area contributed by atoms with Gasteiger partial charge in [-0.15, -0.1) is 0 Å². The Morgan fingerprint density at radius 3 is 2.75 bits per heavy atom. The maximum absolute atomic E-state index is 12.6. The highest BCUT2D eigenvalue weighted by molar-refractivity contribution is 8.00. The largest absolute Gasteiger partial charge is 0.497 e. The number of hydrogen-bond donors (Lipinski definition) is 1. The van der Waals surface area contributed by atoms with Crippen molar-refractivity contribution in [3.63, 3.8) is 0 Å². The second-order valence-corrected chi connectivity index (χ2v) is 6.94. The number of H-pyrrole nitrogens is 1. The van der Waals surface area contributed by atoms with E-state index in [2.05, 4.69) is 10.2 Å². The number of rotatable bonds is 7. The normalized spacial score (nSPS) is 16.8.